The first-order valence-corrected chi connectivity index (χ1v) is 8.76. The van der Waals surface area contributed by atoms with Crippen LogP contribution in [-0.2, 0) is 28.4 Å². The molecule has 2 rings (SSSR count). The van der Waals surface area contributed by atoms with Gasteiger partial charge in [-0.3, -0.25) is 0 Å². The number of benzene rings is 1. The largest absolute Gasteiger partial charge is 0.382 e. The van der Waals surface area contributed by atoms with Crippen LogP contribution in [0.25, 0.3) is 0 Å². The van der Waals surface area contributed by atoms with E-state index in [1.807, 2.05) is 30.3 Å². The molecule has 6 nitrogen and oxygen atoms in total. The maximum absolute atomic E-state index is 6.01. The van der Waals surface area contributed by atoms with Gasteiger partial charge in [-0.25, -0.2) is 0 Å². The van der Waals surface area contributed by atoms with Crippen LogP contribution >= 0.6 is 11.8 Å². The quantitative estimate of drug-likeness (QED) is 0.495. The average Bonchev–Trinajstić information content (AvgIpc) is 2.62. The fourth-order valence-electron chi connectivity index (χ4n) is 2.80. The highest BCUT2D eigenvalue weighted by Crippen LogP contribution is 2.29. The van der Waals surface area contributed by atoms with Crippen LogP contribution in [0.3, 0.4) is 0 Å². The van der Waals surface area contributed by atoms with Gasteiger partial charge in [0.05, 0.1) is 12.5 Å². The molecule has 1 aliphatic rings. The van der Waals surface area contributed by atoms with Crippen LogP contribution < -0.4 is 0 Å². The number of rotatable bonds is 9. The van der Waals surface area contributed by atoms with E-state index in [0.29, 0.717) is 12.5 Å². The molecule has 0 spiro atoms. The summed E-state index contributed by atoms with van der Waals surface area (Å²) in [6, 6.07) is 10.1. The highest BCUT2D eigenvalue weighted by Gasteiger charge is 2.47. The fraction of sp³-hybridized carbons (Fsp3) is 0.647. The Morgan fingerprint density at radius 2 is 1.58 bits per heavy atom. The van der Waals surface area contributed by atoms with Gasteiger partial charge >= 0.3 is 0 Å². The second-order valence-electron chi connectivity index (χ2n) is 5.34. The summed E-state index contributed by atoms with van der Waals surface area (Å²) in [6.45, 7) is 0.389. The number of ether oxygens (including phenoxy) is 6. The molecular formula is C17H26O6S. The maximum Gasteiger partial charge on any atom is 0.187 e. The van der Waals surface area contributed by atoms with Crippen molar-refractivity contribution in [3.8, 4) is 0 Å². The Balaban J connectivity index is 2.00. The van der Waals surface area contributed by atoms with Crippen molar-refractivity contribution in [2.24, 2.45) is 0 Å². The van der Waals surface area contributed by atoms with Crippen molar-refractivity contribution in [1.82, 2.24) is 0 Å². The van der Waals surface area contributed by atoms with Crippen LogP contribution in [0.2, 0.25) is 0 Å². The predicted octanol–water partition coefficient (Wildman–Crippen LogP) is 2.17. The lowest BCUT2D eigenvalue weighted by Crippen LogP contribution is -2.61. The van der Waals surface area contributed by atoms with Gasteiger partial charge in [0, 0.05) is 33.3 Å². The molecule has 5 atom stereocenters. The van der Waals surface area contributed by atoms with Gasteiger partial charge in [0.15, 0.2) is 6.29 Å². The van der Waals surface area contributed by atoms with Crippen LogP contribution in [0, 0.1) is 0 Å². The third-order valence-corrected chi connectivity index (χ3v) is 4.80. The minimum Gasteiger partial charge on any atom is -0.382 e. The molecule has 0 amide bonds. The van der Waals surface area contributed by atoms with E-state index >= 15 is 0 Å². The Kier molecular flexibility index (Phi) is 8.48. The zero-order valence-corrected chi connectivity index (χ0v) is 15.4. The van der Waals surface area contributed by atoms with E-state index in [1.165, 1.54) is 0 Å². The molecule has 1 aromatic rings. The van der Waals surface area contributed by atoms with Crippen molar-refractivity contribution in [2.75, 3.05) is 41.0 Å². The van der Waals surface area contributed by atoms with Crippen molar-refractivity contribution >= 4 is 11.8 Å². The molecule has 136 valence electrons. The molecule has 7 heteroatoms. The molecule has 1 aromatic carbocycles. The van der Waals surface area contributed by atoms with Gasteiger partial charge in [0.2, 0.25) is 0 Å². The lowest BCUT2D eigenvalue weighted by Gasteiger charge is -2.44. The number of hydrogen-bond acceptors (Lipinski definition) is 7. The van der Waals surface area contributed by atoms with Gasteiger partial charge in [-0.05, 0) is 12.1 Å². The fourth-order valence-corrected chi connectivity index (χ4v) is 3.49. The first-order chi connectivity index (χ1) is 11.7. The van der Waals surface area contributed by atoms with Gasteiger partial charge in [-0.2, -0.15) is 0 Å². The summed E-state index contributed by atoms with van der Waals surface area (Å²) < 4.78 is 33.9. The first kappa shape index (κ1) is 19.7. The summed E-state index contributed by atoms with van der Waals surface area (Å²) in [5, 5.41) is 0. The molecule has 0 bridgehead atoms. The number of thioether (sulfide) groups is 1. The maximum atomic E-state index is 6.01. The van der Waals surface area contributed by atoms with Crippen molar-refractivity contribution in [2.45, 2.75) is 35.6 Å². The van der Waals surface area contributed by atoms with Crippen LogP contribution in [-0.4, -0.2) is 71.7 Å². The molecule has 0 aliphatic carbocycles. The highest BCUT2D eigenvalue weighted by molar-refractivity contribution is 7.99. The first-order valence-electron chi connectivity index (χ1n) is 7.77. The van der Waals surface area contributed by atoms with Gasteiger partial charge in [-0.1, -0.05) is 30.0 Å². The van der Waals surface area contributed by atoms with Crippen LogP contribution in [0.1, 0.15) is 0 Å². The van der Waals surface area contributed by atoms with Gasteiger partial charge in [-0.15, -0.1) is 0 Å². The zero-order chi connectivity index (χ0) is 17.4. The third-order valence-electron chi connectivity index (χ3n) is 3.94. The Labute approximate surface area is 147 Å². The molecule has 24 heavy (non-hydrogen) atoms. The molecule has 0 saturated carbocycles. The summed E-state index contributed by atoms with van der Waals surface area (Å²) >= 11 is 1.60. The monoisotopic (exact) mass is 358 g/mol. The summed E-state index contributed by atoms with van der Waals surface area (Å²) in [5.74, 6) is 0.447. The van der Waals surface area contributed by atoms with E-state index in [9.17, 15) is 0 Å². The number of hydrogen-bond donors (Lipinski definition) is 0. The zero-order valence-electron chi connectivity index (χ0n) is 14.5. The van der Waals surface area contributed by atoms with Crippen LogP contribution in [0.4, 0.5) is 0 Å². The Morgan fingerprint density at radius 1 is 0.917 bits per heavy atom. The van der Waals surface area contributed by atoms with Gasteiger partial charge < -0.3 is 28.4 Å². The van der Waals surface area contributed by atoms with E-state index in [-0.39, 0.29) is 24.4 Å². The third kappa shape index (κ3) is 4.92. The highest BCUT2D eigenvalue weighted by atomic mass is 32.2. The minimum atomic E-state index is -0.553. The summed E-state index contributed by atoms with van der Waals surface area (Å²) in [4.78, 5) is 1.13. The molecule has 0 aromatic heterocycles. The molecule has 1 heterocycles. The van der Waals surface area contributed by atoms with E-state index in [4.69, 9.17) is 28.4 Å². The lowest BCUT2D eigenvalue weighted by atomic mass is 9.98. The molecule has 1 fully saturated rings. The molecule has 1 aliphatic heterocycles. The van der Waals surface area contributed by atoms with E-state index in [0.717, 1.165) is 4.90 Å². The predicted molar refractivity (Wildman–Crippen MR) is 91.2 cm³/mol. The Morgan fingerprint density at radius 3 is 2.17 bits per heavy atom. The standard InChI is InChI=1S/C17H26O6S/c1-18-10-13-14(19-2)15(20-3)16(21-4)17(23-13)22-11-24-12-8-6-5-7-9-12/h5-9,13-17H,10-11H2,1-4H3/t13?,14-,15?,16?,17-/m1/s1. The molecular weight excluding hydrogens is 332 g/mol. The topological polar surface area (TPSA) is 55.4 Å². The summed E-state index contributed by atoms with van der Waals surface area (Å²) in [5.41, 5.74) is 0. The molecule has 3 unspecified atom stereocenters. The normalized spacial score (nSPS) is 30.4. The summed E-state index contributed by atoms with van der Waals surface area (Å²) in [6.07, 6.45) is -1.82. The van der Waals surface area contributed by atoms with Crippen molar-refractivity contribution in [3.05, 3.63) is 30.3 Å². The van der Waals surface area contributed by atoms with Crippen molar-refractivity contribution in [1.29, 1.82) is 0 Å². The van der Waals surface area contributed by atoms with Gasteiger partial charge in [0.25, 0.3) is 0 Å². The van der Waals surface area contributed by atoms with Crippen molar-refractivity contribution in [3.63, 3.8) is 0 Å². The number of methoxy groups -OCH3 is 4. The smallest absolute Gasteiger partial charge is 0.187 e. The second-order valence-corrected chi connectivity index (χ2v) is 6.34. The Hall–Kier alpha value is -0.670. The lowest BCUT2D eigenvalue weighted by molar-refractivity contribution is -0.309. The second kappa shape index (κ2) is 10.4. The Bertz CT molecular complexity index is 460. The molecule has 0 N–H and O–H groups in total. The van der Waals surface area contributed by atoms with Crippen LogP contribution in [0.15, 0.2) is 35.2 Å². The van der Waals surface area contributed by atoms with E-state index in [2.05, 4.69) is 0 Å². The van der Waals surface area contributed by atoms with Crippen molar-refractivity contribution < 1.29 is 28.4 Å². The summed E-state index contributed by atoms with van der Waals surface area (Å²) in [7, 11) is 6.50. The van der Waals surface area contributed by atoms with Gasteiger partial charge in [0.1, 0.15) is 24.4 Å². The minimum absolute atomic E-state index is 0.289. The molecule has 0 radical (unpaired) electrons. The van der Waals surface area contributed by atoms with E-state index < -0.39 is 6.29 Å². The molecule has 1 saturated heterocycles. The van der Waals surface area contributed by atoms with Crippen LogP contribution in [0.5, 0.6) is 0 Å². The average molecular weight is 358 g/mol. The SMILES string of the molecule is COCC1O[C@@H](OCSc2ccccc2)C(OC)C(OC)[C@@H]1OC. The van der Waals surface area contributed by atoms with E-state index in [1.54, 1.807) is 40.2 Å².